The summed E-state index contributed by atoms with van der Waals surface area (Å²) in [7, 11) is 1.61. The van der Waals surface area contributed by atoms with E-state index in [1.165, 1.54) is 0 Å². The van der Waals surface area contributed by atoms with Crippen molar-refractivity contribution in [1.82, 2.24) is 9.80 Å². The Balaban J connectivity index is 1.54. The summed E-state index contributed by atoms with van der Waals surface area (Å²) in [6, 6.07) is 5.48. The highest BCUT2D eigenvalue weighted by atomic mass is 35.5. The fourth-order valence-electron chi connectivity index (χ4n) is 4.21. The van der Waals surface area contributed by atoms with Crippen LogP contribution in [0.15, 0.2) is 18.2 Å². The lowest BCUT2D eigenvalue weighted by atomic mass is 9.80. The van der Waals surface area contributed by atoms with Crippen molar-refractivity contribution in [3.63, 3.8) is 0 Å². The van der Waals surface area contributed by atoms with Crippen LogP contribution in [0, 0.1) is 11.8 Å². The number of alkyl halides is 3. The minimum absolute atomic E-state index is 0.0672. The lowest BCUT2D eigenvalue weighted by Gasteiger charge is -2.38. The number of halogens is 4. The fraction of sp³-hybridized carbons (Fsp3) is 0.650. The monoisotopic (exact) mass is 418 g/mol. The number of hydrogen-bond donors (Lipinski definition) is 0. The minimum atomic E-state index is -4.20. The normalized spacial score (nSPS) is 24.2. The second-order valence-corrected chi connectivity index (χ2v) is 8.10. The van der Waals surface area contributed by atoms with Crippen molar-refractivity contribution in [3.8, 4) is 5.75 Å². The average molecular weight is 419 g/mol. The Morgan fingerprint density at radius 2 is 1.93 bits per heavy atom. The van der Waals surface area contributed by atoms with Gasteiger partial charge in [-0.05, 0) is 37.5 Å². The zero-order valence-corrected chi connectivity index (χ0v) is 16.7. The highest BCUT2D eigenvalue weighted by molar-refractivity contribution is 6.30. The van der Waals surface area contributed by atoms with Crippen LogP contribution in [0.4, 0.5) is 13.2 Å². The molecule has 1 aliphatic carbocycles. The molecule has 156 valence electrons. The molecule has 8 heteroatoms. The first-order valence-electron chi connectivity index (χ1n) is 9.68. The number of benzene rings is 1. The van der Waals surface area contributed by atoms with Crippen molar-refractivity contribution in [2.75, 3.05) is 33.3 Å². The van der Waals surface area contributed by atoms with Gasteiger partial charge in [0.05, 0.1) is 13.0 Å². The van der Waals surface area contributed by atoms with Crippen molar-refractivity contribution in [3.05, 3.63) is 28.8 Å². The number of amides is 1. The molecule has 1 aliphatic heterocycles. The molecule has 0 spiro atoms. The van der Waals surface area contributed by atoms with Gasteiger partial charge in [0, 0.05) is 49.2 Å². The van der Waals surface area contributed by atoms with Crippen molar-refractivity contribution in [2.24, 2.45) is 11.8 Å². The second kappa shape index (κ2) is 8.91. The van der Waals surface area contributed by atoms with Crippen LogP contribution < -0.4 is 4.74 Å². The average Bonchev–Trinajstić information content (AvgIpc) is 2.68. The smallest absolute Gasteiger partial charge is 0.391 e. The van der Waals surface area contributed by atoms with Gasteiger partial charge in [0.25, 0.3) is 0 Å². The molecular weight excluding hydrogens is 393 g/mol. The zero-order chi connectivity index (χ0) is 20.3. The molecule has 2 atom stereocenters. The quantitative estimate of drug-likeness (QED) is 0.728. The SMILES string of the molecule is COc1ccc(Cl)cc1CN1CCN(C(=O)C2CCCC(C(F)(F)F)C2)CC1. The number of methoxy groups -OCH3 is 1. The summed E-state index contributed by atoms with van der Waals surface area (Å²) in [5, 5.41) is 0.640. The third-order valence-electron chi connectivity index (χ3n) is 5.81. The number of piperazine rings is 1. The zero-order valence-electron chi connectivity index (χ0n) is 16.0. The first-order chi connectivity index (χ1) is 13.3. The summed E-state index contributed by atoms with van der Waals surface area (Å²) in [6.07, 6.45) is -3.10. The maximum atomic E-state index is 13.0. The molecule has 1 heterocycles. The number of hydrogen-bond acceptors (Lipinski definition) is 3. The maximum absolute atomic E-state index is 13.0. The van der Waals surface area contributed by atoms with E-state index in [4.69, 9.17) is 16.3 Å². The summed E-state index contributed by atoms with van der Waals surface area (Å²) in [5.41, 5.74) is 0.982. The van der Waals surface area contributed by atoms with Gasteiger partial charge in [-0.1, -0.05) is 18.0 Å². The Bertz CT molecular complexity index is 691. The predicted molar refractivity (Wildman–Crippen MR) is 101 cm³/mol. The van der Waals surface area contributed by atoms with Crippen LogP contribution in [-0.4, -0.2) is 55.2 Å². The summed E-state index contributed by atoms with van der Waals surface area (Å²) < 4.78 is 44.4. The van der Waals surface area contributed by atoms with E-state index in [2.05, 4.69) is 4.90 Å². The van der Waals surface area contributed by atoms with Crippen molar-refractivity contribution < 1.29 is 22.7 Å². The highest BCUT2D eigenvalue weighted by Gasteiger charge is 2.44. The molecule has 0 bridgehead atoms. The van der Waals surface area contributed by atoms with E-state index in [1.54, 1.807) is 18.1 Å². The molecule has 1 aromatic carbocycles. The van der Waals surface area contributed by atoms with Gasteiger partial charge >= 0.3 is 6.18 Å². The van der Waals surface area contributed by atoms with Gasteiger partial charge in [0.2, 0.25) is 5.91 Å². The van der Waals surface area contributed by atoms with E-state index in [-0.39, 0.29) is 18.7 Å². The Kier molecular flexibility index (Phi) is 6.76. The van der Waals surface area contributed by atoms with Crippen LogP contribution in [0.5, 0.6) is 5.75 Å². The second-order valence-electron chi connectivity index (χ2n) is 7.66. The number of ether oxygens (including phenoxy) is 1. The molecule has 4 nitrogen and oxygen atoms in total. The maximum Gasteiger partial charge on any atom is 0.391 e. The summed E-state index contributed by atoms with van der Waals surface area (Å²) in [5.74, 6) is -1.19. The minimum Gasteiger partial charge on any atom is -0.496 e. The van der Waals surface area contributed by atoms with E-state index in [9.17, 15) is 18.0 Å². The molecule has 2 fully saturated rings. The molecule has 1 saturated heterocycles. The third-order valence-corrected chi connectivity index (χ3v) is 6.04. The first-order valence-corrected chi connectivity index (χ1v) is 10.1. The molecule has 0 radical (unpaired) electrons. The molecule has 0 aromatic heterocycles. The molecule has 3 rings (SSSR count). The van der Waals surface area contributed by atoms with Crippen LogP contribution in [0.25, 0.3) is 0 Å². The number of carbonyl (C=O) groups is 1. The topological polar surface area (TPSA) is 32.8 Å². The Morgan fingerprint density at radius 3 is 2.57 bits per heavy atom. The van der Waals surface area contributed by atoms with Crippen molar-refractivity contribution >= 4 is 17.5 Å². The summed E-state index contributed by atoms with van der Waals surface area (Å²) >= 11 is 6.08. The molecule has 0 N–H and O–H groups in total. The standard InChI is InChI=1S/C20H26ClF3N2O2/c1-28-18-6-5-17(21)12-15(18)13-25-7-9-26(10-8-25)19(27)14-3-2-4-16(11-14)20(22,23)24/h5-6,12,14,16H,2-4,7-11,13H2,1H3. The lowest BCUT2D eigenvalue weighted by Crippen LogP contribution is -2.50. The van der Waals surface area contributed by atoms with Gasteiger partial charge < -0.3 is 9.64 Å². The molecule has 1 amide bonds. The van der Waals surface area contributed by atoms with E-state index in [1.807, 2.05) is 12.1 Å². The largest absolute Gasteiger partial charge is 0.496 e. The highest BCUT2D eigenvalue weighted by Crippen LogP contribution is 2.40. The summed E-state index contributed by atoms with van der Waals surface area (Å²) in [4.78, 5) is 16.7. The lowest BCUT2D eigenvalue weighted by molar-refractivity contribution is -0.187. The van der Waals surface area contributed by atoms with Gasteiger partial charge in [-0.2, -0.15) is 13.2 Å². The van der Waals surface area contributed by atoms with Crippen molar-refractivity contribution in [2.45, 2.75) is 38.4 Å². The van der Waals surface area contributed by atoms with E-state index in [0.29, 0.717) is 50.6 Å². The molecular formula is C20H26ClF3N2O2. The number of rotatable bonds is 4. The van der Waals surface area contributed by atoms with Gasteiger partial charge in [0.1, 0.15) is 5.75 Å². The Labute approximate surface area is 168 Å². The van der Waals surface area contributed by atoms with Crippen molar-refractivity contribution in [1.29, 1.82) is 0 Å². The molecule has 2 unspecified atom stereocenters. The van der Waals surface area contributed by atoms with Gasteiger partial charge in [-0.15, -0.1) is 0 Å². The van der Waals surface area contributed by atoms with Gasteiger partial charge in [-0.25, -0.2) is 0 Å². The fourth-order valence-corrected chi connectivity index (χ4v) is 4.40. The van der Waals surface area contributed by atoms with E-state index >= 15 is 0 Å². The summed E-state index contributed by atoms with van der Waals surface area (Å²) in [6.45, 7) is 3.09. The molecule has 1 aromatic rings. The van der Waals surface area contributed by atoms with Crippen LogP contribution in [0.1, 0.15) is 31.2 Å². The van der Waals surface area contributed by atoms with E-state index < -0.39 is 18.0 Å². The van der Waals surface area contributed by atoms with Crippen LogP contribution >= 0.6 is 11.6 Å². The number of nitrogens with zero attached hydrogens (tertiary/aromatic N) is 2. The van der Waals surface area contributed by atoms with Gasteiger partial charge in [0.15, 0.2) is 0 Å². The van der Waals surface area contributed by atoms with Crippen LogP contribution in [-0.2, 0) is 11.3 Å². The van der Waals surface area contributed by atoms with E-state index in [0.717, 1.165) is 11.3 Å². The van der Waals surface area contributed by atoms with Crippen LogP contribution in [0.2, 0.25) is 5.02 Å². The van der Waals surface area contributed by atoms with Gasteiger partial charge in [-0.3, -0.25) is 9.69 Å². The Hall–Kier alpha value is -1.47. The first kappa shape index (κ1) is 21.2. The number of carbonyl (C=O) groups excluding carboxylic acids is 1. The Morgan fingerprint density at radius 1 is 1.21 bits per heavy atom. The predicted octanol–water partition coefficient (Wildman–Crippen LogP) is 4.36. The third kappa shape index (κ3) is 5.11. The molecule has 28 heavy (non-hydrogen) atoms. The molecule has 1 saturated carbocycles. The molecule has 2 aliphatic rings. The van der Waals surface area contributed by atoms with Crippen LogP contribution in [0.3, 0.4) is 0 Å².